The first-order valence-corrected chi connectivity index (χ1v) is 10.4. The number of rotatable bonds is 7. The molecule has 2 N–H and O–H groups in total. The zero-order valence-electron chi connectivity index (χ0n) is 10.2. The number of ether oxygens (including phenoxy) is 1. The highest BCUT2D eigenvalue weighted by atomic mass is 32.2. The van der Waals surface area contributed by atoms with Gasteiger partial charge in [0.1, 0.15) is 6.04 Å². The van der Waals surface area contributed by atoms with Crippen LogP contribution < -0.4 is 5.73 Å². The lowest BCUT2D eigenvalue weighted by Crippen LogP contribution is -2.34. The number of esters is 1. The fraction of sp³-hybridized carbons (Fsp3) is 0.900. The molecule has 0 fully saturated rings. The van der Waals surface area contributed by atoms with Gasteiger partial charge in [0.2, 0.25) is 0 Å². The van der Waals surface area contributed by atoms with Gasteiger partial charge < -0.3 is 10.5 Å². The number of thioether (sulfide) groups is 1. The monoisotopic (exact) mass is 249 g/mol. The van der Waals surface area contributed by atoms with E-state index in [2.05, 4.69) is 19.6 Å². The second kappa shape index (κ2) is 7.30. The van der Waals surface area contributed by atoms with Crippen LogP contribution in [0.2, 0.25) is 25.7 Å². The zero-order chi connectivity index (χ0) is 11.9. The third-order valence-electron chi connectivity index (χ3n) is 2.03. The maximum Gasteiger partial charge on any atom is 0.322 e. The molecule has 0 aliphatic carbocycles. The van der Waals surface area contributed by atoms with Crippen LogP contribution in [0.1, 0.15) is 6.42 Å². The summed E-state index contributed by atoms with van der Waals surface area (Å²) >= 11 is 1.69. The van der Waals surface area contributed by atoms with E-state index in [1.54, 1.807) is 11.8 Å². The SMILES string of the molecule is CSCC[C@H](N)C(=O)OCC[Si](C)(C)C. The van der Waals surface area contributed by atoms with Crippen molar-refractivity contribution in [2.24, 2.45) is 5.73 Å². The van der Waals surface area contributed by atoms with Crippen LogP contribution in [0.4, 0.5) is 0 Å². The van der Waals surface area contributed by atoms with Crippen molar-refractivity contribution in [3.63, 3.8) is 0 Å². The summed E-state index contributed by atoms with van der Waals surface area (Å²) in [4.78, 5) is 11.4. The fourth-order valence-electron chi connectivity index (χ4n) is 0.928. The van der Waals surface area contributed by atoms with E-state index in [9.17, 15) is 4.79 Å². The predicted octanol–water partition coefficient (Wildman–Crippen LogP) is 1.95. The Labute approximate surface area is 98.1 Å². The number of carbonyl (C=O) groups is 1. The van der Waals surface area contributed by atoms with Crippen molar-refractivity contribution in [2.75, 3.05) is 18.6 Å². The molecule has 5 heteroatoms. The van der Waals surface area contributed by atoms with Crippen molar-refractivity contribution in [1.29, 1.82) is 0 Å². The lowest BCUT2D eigenvalue weighted by atomic mass is 10.2. The van der Waals surface area contributed by atoms with E-state index >= 15 is 0 Å². The third-order valence-corrected chi connectivity index (χ3v) is 4.38. The van der Waals surface area contributed by atoms with Gasteiger partial charge in [0.15, 0.2) is 0 Å². The summed E-state index contributed by atoms with van der Waals surface area (Å²) < 4.78 is 5.14. The number of hydrogen-bond donors (Lipinski definition) is 1. The van der Waals surface area contributed by atoms with Crippen LogP contribution in [0.25, 0.3) is 0 Å². The van der Waals surface area contributed by atoms with Crippen LogP contribution >= 0.6 is 11.8 Å². The molecule has 15 heavy (non-hydrogen) atoms. The van der Waals surface area contributed by atoms with Crippen LogP contribution in [-0.4, -0.2) is 38.7 Å². The van der Waals surface area contributed by atoms with Crippen LogP contribution in [0.5, 0.6) is 0 Å². The van der Waals surface area contributed by atoms with E-state index in [0.717, 1.165) is 11.8 Å². The van der Waals surface area contributed by atoms with Crippen molar-refractivity contribution < 1.29 is 9.53 Å². The second-order valence-electron chi connectivity index (χ2n) is 4.87. The number of nitrogens with two attached hydrogens (primary N) is 1. The van der Waals surface area contributed by atoms with Gasteiger partial charge in [-0.2, -0.15) is 11.8 Å². The van der Waals surface area contributed by atoms with Crippen molar-refractivity contribution >= 4 is 25.8 Å². The summed E-state index contributed by atoms with van der Waals surface area (Å²) in [7, 11) is -1.11. The smallest absolute Gasteiger partial charge is 0.322 e. The average Bonchev–Trinajstić information content (AvgIpc) is 2.11. The molecule has 0 saturated heterocycles. The molecule has 3 nitrogen and oxygen atoms in total. The maximum atomic E-state index is 11.4. The Morgan fingerprint density at radius 3 is 2.53 bits per heavy atom. The first kappa shape index (κ1) is 15.0. The minimum absolute atomic E-state index is 0.248. The van der Waals surface area contributed by atoms with Gasteiger partial charge in [-0.25, -0.2) is 0 Å². The van der Waals surface area contributed by atoms with Gasteiger partial charge in [-0.3, -0.25) is 4.79 Å². The predicted molar refractivity (Wildman–Crippen MR) is 70.1 cm³/mol. The second-order valence-corrected chi connectivity index (χ2v) is 11.5. The molecule has 0 radical (unpaired) electrons. The quantitative estimate of drug-likeness (QED) is 0.553. The molecule has 0 aliphatic rings. The topological polar surface area (TPSA) is 52.3 Å². The van der Waals surface area contributed by atoms with E-state index in [4.69, 9.17) is 10.5 Å². The van der Waals surface area contributed by atoms with Gasteiger partial charge in [0.25, 0.3) is 0 Å². The molecule has 0 aromatic carbocycles. The molecule has 0 rings (SSSR count). The van der Waals surface area contributed by atoms with Gasteiger partial charge in [-0.1, -0.05) is 19.6 Å². The summed E-state index contributed by atoms with van der Waals surface area (Å²) in [6.45, 7) is 7.30. The Bertz CT molecular complexity index is 194. The van der Waals surface area contributed by atoms with Crippen LogP contribution in [0.3, 0.4) is 0 Å². The summed E-state index contributed by atoms with van der Waals surface area (Å²) in [6.07, 6.45) is 2.70. The molecule has 0 heterocycles. The molecule has 0 aromatic rings. The van der Waals surface area contributed by atoms with E-state index in [1.165, 1.54) is 0 Å². The lowest BCUT2D eigenvalue weighted by Gasteiger charge is -2.16. The summed E-state index contributed by atoms with van der Waals surface area (Å²) in [6, 6.07) is 0.563. The van der Waals surface area contributed by atoms with E-state index < -0.39 is 14.1 Å². The first-order valence-electron chi connectivity index (χ1n) is 5.28. The van der Waals surface area contributed by atoms with Gasteiger partial charge in [0.05, 0.1) is 6.61 Å². The largest absolute Gasteiger partial charge is 0.465 e. The normalized spacial score (nSPS) is 13.7. The number of hydrogen-bond acceptors (Lipinski definition) is 4. The van der Waals surface area contributed by atoms with Crippen molar-refractivity contribution in [3.8, 4) is 0 Å². The highest BCUT2D eigenvalue weighted by molar-refractivity contribution is 7.98. The van der Waals surface area contributed by atoms with Crippen molar-refractivity contribution in [2.45, 2.75) is 38.1 Å². The first-order chi connectivity index (χ1) is 6.87. The maximum absolute atomic E-state index is 11.4. The molecule has 0 aromatic heterocycles. The average molecular weight is 249 g/mol. The molecule has 0 bridgehead atoms. The third kappa shape index (κ3) is 8.96. The Morgan fingerprint density at radius 2 is 2.07 bits per heavy atom. The van der Waals surface area contributed by atoms with Crippen LogP contribution in [0.15, 0.2) is 0 Å². The zero-order valence-corrected chi connectivity index (χ0v) is 12.0. The Kier molecular flexibility index (Phi) is 7.30. The highest BCUT2D eigenvalue weighted by Gasteiger charge is 2.17. The molecular weight excluding hydrogens is 226 g/mol. The van der Waals surface area contributed by atoms with E-state index in [-0.39, 0.29) is 5.97 Å². The molecular formula is C10H23NO2SSi. The molecule has 1 atom stereocenters. The minimum atomic E-state index is -1.11. The molecule has 90 valence electrons. The standard InChI is InChI=1S/C10H23NO2SSi/c1-14-7-5-9(11)10(12)13-6-8-15(2,3)4/h9H,5-8,11H2,1-4H3/t9-/m0/s1. The van der Waals surface area contributed by atoms with Crippen LogP contribution in [0, 0.1) is 0 Å². The molecule has 0 spiro atoms. The summed E-state index contributed by atoms with van der Waals surface area (Å²) in [5, 5.41) is 0. The van der Waals surface area contributed by atoms with Gasteiger partial charge in [0, 0.05) is 8.07 Å². The Morgan fingerprint density at radius 1 is 1.47 bits per heavy atom. The van der Waals surface area contributed by atoms with Crippen molar-refractivity contribution in [3.05, 3.63) is 0 Å². The lowest BCUT2D eigenvalue weighted by molar-refractivity contribution is -0.144. The number of carbonyl (C=O) groups excluding carboxylic acids is 1. The van der Waals surface area contributed by atoms with Gasteiger partial charge in [-0.15, -0.1) is 0 Å². The Hall–Kier alpha value is -0.00312. The molecule has 0 unspecified atom stereocenters. The van der Waals surface area contributed by atoms with Gasteiger partial charge in [-0.05, 0) is 24.5 Å². The molecule has 0 amide bonds. The van der Waals surface area contributed by atoms with Gasteiger partial charge >= 0.3 is 5.97 Å². The van der Waals surface area contributed by atoms with Crippen molar-refractivity contribution in [1.82, 2.24) is 0 Å². The van der Waals surface area contributed by atoms with E-state index in [1.807, 2.05) is 6.26 Å². The van der Waals surface area contributed by atoms with E-state index in [0.29, 0.717) is 13.0 Å². The molecule has 0 saturated carbocycles. The summed E-state index contributed by atoms with van der Waals surface area (Å²) in [5.74, 6) is 0.659. The fourth-order valence-corrected chi connectivity index (χ4v) is 2.13. The molecule has 0 aliphatic heterocycles. The highest BCUT2D eigenvalue weighted by Crippen LogP contribution is 2.08. The van der Waals surface area contributed by atoms with Crippen LogP contribution in [-0.2, 0) is 9.53 Å². The summed E-state index contributed by atoms with van der Waals surface area (Å²) in [5.41, 5.74) is 5.68. The Balaban J connectivity index is 3.64. The minimum Gasteiger partial charge on any atom is -0.465 e.